The molecule has 0 amide bonds. The summed E-state index contributed by atoms with van der Waals surface area (Å²) in [5.41, 5.74) is -0.0404. The molecule has 7 heteroatoms. The Bertz CT molecular complexity index is 529. The summed E-state index contributed by atoms with van der Waals surface area (Å²) in [5, 5.41) is 8.93. The van der Waals surface area contributed by atoms with Gasteiger partial charge in [0, 0.05) is 30.0 Å². The van der Waals surface area contributed by atoms with Crippen molar-refractivity contribution in [1.82, 2.24) is 9.71 Å². The van der Waals surface area contributed by atoms with Crippen molar-refractivity contribution in [1.29, 1.82) is 0 Å². The normalized spacial score (nSPS) is 17.7. The highest BCUT2D eigenvalue weighted by Crippen LogP contribution is 2.48. The zero-order valence-electron chi connectivity index (χ0n) is 9.76. The maximum absolute atomic E-state index is 12.0. The van der Waals surface area contributed by atoms with Gasteiger partial charge in [0.15, 0.2) is 0 Å². The molecule has 18 heavy (non-hydrogen) atoms. The van der Waals surface area contributed by atoms with Gasteiger partial charge < -0.3 is 5.11 Å². The van der Waals surface area contributed by atoms with Crippen molar-refractivity contribution in [3.63, 3.8) is 0 Å². The van der Waals surface area contributed by atoms with Crippen molar-refractivity contribution in [3.8, 4) is 0 Å². The summed E-state index contributed by atoms with van der Waals surface area (Å²) in [6.07, 6.45) is 5.43. The molecular weight excluding hydrogens is 320 g/mol. The number of hydrogen-bond acceptors (Lipinski definition) is 4. The van der Waals surface area contributed by atoms with Crippen LogP contribution < -0.4 is 4.72 Å². The van der Waals surface area contributed by atoms with Gasteiger partial charge in [0.05, 0.1) is 0 Å². The summed E-state index contributed by atoms with van der Waals surface area (Å²) in [6, 6.07) is 1.51. The topological polar surface area (TPSA) is 79.3 Å². The van der Waals surface area contributed by atoms with Gasteiger partial charge in [-0.2, -0.15) is 0 Å². The van der Waals surface area contributed by atoms with E-state index in [1.807, 2.05) is 0 Å². The minimum atomic E-state index is -3.52. The summed E-state index contributed by atoms with van der Waals surface area (Å²) < 4.78 is 27.3. The second-order valence-electron chi connectivity index (χ2n) is 4.64. The molecule has 0 aromatic carbocycles. The monoisotopic (exact) mass is 334 g/mol. The number of sulfonamides is 1. The van der Waals surface area contributed by atoms with Crippen LogP contribution in [0.25, 0.3) is 0 Å². The zero-order valence-corrected chi connectivity index (χ0v) is 12.2. The van der Waals surface area contributed by atoms with Crippen molar-refractivity contribution < 1.29 is 13.5 Å². The van der Waals surface area contributed by atoms with Gasteiger partial charge >= 0.3 is 0 Å². The second-order valence-corrected chi connectivity index (χ2v) is 7.32. The van der Waals surface area contributed by atoms with Crippen molar-refractivity contribution in [2.75, 3.05) is 13.2 Å². The van der Waals surface area contributed by atoms with Crippen LogP contribution in [0.5, 0.6) is 0 Å². The Hall–Kier alpha value is -0.500. The average Bonchev–Trinajstić information content (AvgIpc) is 3.08. The number of nitrogens with one attached hydrogen (secondary N) is 1. The van der Waals surface area contributed by atoms with E-state index in [2.05, 4.69) is 25.6 Å². The molecular formula is C11H15BrN2O3S. The summed E-state index contributed by atoms with van der Waals surface area (Å²) in [4.78, 5) is 3.99. The molecule has 1 aromatic heterocycles. The summed E-state index contributed by atoms with van der Waals surface area (Å²) in [6.45, 7) is 0.475. The standard InChI is InChI=1S/C11H15BrN2O3S/c12-9-5-10(7-13-6-9)18(16,17)14-8-11(1-2-11)3-4-15/h5-7,14-15H,1-4,8H2. The third-order valence-electron chi connectivity index (χ3n) is 3.23. The Morgan fingerprint density at radius 2 is 2.17 bits per heavy atom. The molecule has 0 atom stereocenters. The van der Waals surface area contributed by atoms with Gasteiger partial charge in [-0.05, 0) is 46.7 Å². The van der Waals surface area contributed by atoms with Crippen LogP contribution >= 0.6 is 15.9 Å². The van der Waals surface area contributed by atoms with Gasteiger partial charge in [-0.3, -0.25) is 4.98 Å². The fourth-order valence-corrected chi connectivity index (χ4v) is 3.46. The predicted molar refractivity (Wildman–Crippen MR) is 70.5 cm³/mol. The molecule has 1 aliphatic rings. The second kappa shape index (κ2) is 5.24. The molecule has 0 unspecified atom stereocenters. The van der Waals surface area contributed by atoms with E-state index in [0.29, 0.717) is 17.4 Å². The molecule has 1 fully saturated rings. The molecule has 1 saturated carbocycles. The van der Waals surface area contributed by atoms with Crippen LogP contribution in [0.15, 0.2) is 27.8 Å². The number of aromatic nitrogens is 1. The Morgan fingerprint density at radius 1 is 1.44 bits per heavy atom. The lowest BCUT2D eigenvalue weighted by Crippen LogP contribution is -2.30. The number of aliphatic hydroxyl groups is 1. The number of hydrogen-bond donors (Lipinski definition) is 2. The third kappa shape index (κ3) is 3.28. The first-order valence-electron chi connectivity index (χ1n) is 5.69. The van der Waals surface area contributed by atoms with Gasteiger partial charge in [-0.15, -0.1) is 0 Å². The van der Waals surface area contributed by atoms with E-state index in [4.69, 9.17) is 5.11 Å². The lowest BCUT2D eigenvalue weighted by molar-refractivity contribution is 0.249. The molecule has 2 N–H and O–H groups in total. The first-order chi connectivity index (χ1) is 8.47. The minimum Gasteiger partial charge on any atom is -0.396 e. The molecule has 0 saturated heterocycles. The van der Waals surface area contributed by atoms with Crippen molar-refractivity contribution in [2.45, 2.75) is 24.2 Å². The predicted octanol–water partition coefficient (Wildman–Crippen LogP) is 1.28. The number of aliphatic hydroxyl groups excluding tert-OH is 1. The molecule has 2 rings (SSSR count). The van der Waals surface area contributed by atoms with Crippen LogP contribution in [0.3, 0.4) is 0 Å². The van der Waals surface area contributed by atoms with Crippen LogP contribution in [0.2, 0.25) is 0 Å². The lowest BCUT2D eigenvalue weighted by Gasteiger charge is -2.14. The van der Waals surface area contributed by atoms with Crippen LogP contribution in [0.4, 0.5) is 0 Å². The SMILES string of the molecule is O=S(=O)(NCC1(CCO)CC1)c1cncc(Br)c1. The van der Waals surface area contributed by atoms with Crippen molar-refractivity contribution >= 4 is 26.0 Å². The molecule has 0 bridgehead atoms. The lowest BCUT2D eigenvalue weighted by atomic mass is 10.0. The van der Waals surface area contributed by atoms with E-state index >= 15 is 0 Å². The smallest absolute Gasteiger partial charge is 0.242 e. The zero-order chi connectivity index (χ0) is 13.2. The van der Waals surface area contributed by atoms with Crippen LogP contribution in [0.1, 0.15) is 19.3 Å². The molecule has 100 valence electrons. The Kier molecular flexibility index (Phi) is 4.05. The Labute approximate surface area is 115 Å². The molecule has 1 aromatic rings. The fourth-order valence-electron chi connectivity index (χ4n) is 1.80. The summed E-state index contributed by atoms with van der Waals surface area (Å²) in [5.74, 6) is 0. The molecule has 0 aliphatic heterocycles. The summed E-state index contributed by atoms with van der Waals surface area (Å²) >= 11 is 3.19. The average molecular weight is 335 g/mol. The summed E-state index contributed by atoms with van der Waals surface area (Å²) in [7, 11) is -3.52. The first-order valence-corrected chi connectivity index (χ1v) is 7.96. The highest BCUT2D eigenvalue weighted by molar-refractivity contribution is 9.10. The number of nitrogens with zero attached hydrogens (tertiary/aromatic N) is 1. The largest absolute Gasteiger partial charge is 0.396 e. The van der Waals surface area contributed by atoms with Crippen LogP contribution in [0, 0.1) is 5.41 Å². The molecule has 0 radical (unpaired) electrons. The maximum Gasteiger partial charge on any atom is 0.242 e. The first kappa shape index (κ1) is 13.9. The minimum absolute atomic E-state index is 0.0404. The van der Waals surface area contributed by atoms with Crippen molar-refractivity contribution in [2.24, 2.45) is 5.41 Å². The van der Waals surface area contributed by atoms with Crippen LogP contribution in [-0.2, 0) is 10.0 Å². The van der Waals surface area contributed by atoms with E-state index in [9.17, 15) is 8.42 Å². The molecule has 1 aliphatic carbocycles. The molecule has 5 nitrogen and oxygen atoms in total. The van der Waals surface area contributed by atoms with Crippen molar-refractivity contribution in [3.05, 3.63) is 22.9 Å². The highest BCUT2D eigenvalue weighted by Gasteiger charge is 2.42. The molecule has 0 spiro atoms. The fraction of sp³-hybridized carbons (Fsp3) is 0.545. The Balaban J connectivity index is 2.04. The van der Waals surface area contributed by atoms with Gasteiger partial charge in [-0.1, -0.05) is 0 Å². The quantitative estimate of drug-likeness (QED) is 0.821. The number of pyridine rings is 1. The van der Waals surface area contributed by atoms with E-state index in [-0.39, 0.29) is 16.9 Å². The Morgan fingerprint density at radius 3 is 2.72 bits per heavy atom. The van der Waals surface area contributed by atoms with Gasteiger partial charge in [0.25, 0.3) is 0 Å². The van der Waals surface area contributed by atoms with Gasteiger partial charge in [0.2, 0.25) is 10.0 Å². The van der Waals surface area contributed by atoms with E-state index < -0.39 is 10.0 Å². The van der Waals surface area contributed by atoms with E-state index in [1.54, 1.807) is 0 Å². The molecule has 1 heterocycles. The van der Waals surface area contributed by atoms with E-state index in [1.165, 1.54) is 18.5 Å². The van der Waals surface area contributed by atoms with Crippen LogP contribution in [-0.4, -0.2) is 31.7 Å². The number of rotatable bonds is 6. The third-order valence-corrected chi connectivity index (χ3v) is 5.03. The number of halogens is 1. The van der Waals surface area contributed by atoms with E-state index in [0.717, 1.165) is 12.8 Å². The van der Waals surface area contributed by atoms with Gasteiger partial charge in [0.1, 0.15) is 4.90 Å². The van der Waals surface area contributed by atoms with Gasteiger partial charge in [-0.25, -0.2) is 13.1 Å². The highest BCUT2D eigenvalue weighted by atomic mass is 79.9. The maximum atomic E-state index is 12.0.